The molecule has 0 saturated carbocycles. The molecule has 1 aromatic rings. The minimum atomic E-state index is -0.973. The van der Waals surface area contributed by atoms with Crippen molar-refractivity contribution >= 4 is 17.8 Å². The number of aliphatic carboxylic acids is 1. The molecular formula is C32H35NO6. The van der Waals surface area contributed by atoms with Crippen molar-refractivity contribution < 1.29 is 29.4 Å². The fraction of sp³-hybridized carbons (Fsp3) is 0.156. The summed E-state index contributed by atoms with van der Waals surface area (Å²) in [5.41, 5.74) is 6.50. The minimum Gasteiger partial charge on any atom is -0.508 e. The molecule has 0 aromatic heterocycles. The summed E-state index contributed by atoms with van der Waals surface area (Å²) in [5, 5.41) is 17.9. The third kappa shape index (κ3) is 17.2. The van der Waals surface area contributed by atoms with Crippen LogP contribution in [0.5, 0.6) is 5.75 Å². The molecule has 0 fully saturated rings. The normalized spacial score (nSPS) is 13.8. The summed E-state index contributed by atoms with van der Waals surface area (Å²) in [4.78, 5) is 38.9. The number of carbonyl (C=O) groups is 3. The molecular weight excluding hydrogens is 494 g/mol. The Morgan fingerprint density at radius 1 is 0.692 bits per heavy atom. The van der Waals surface area contributed by atoms with Crippen molar-refractivity contribution in [3.8, 4) is 5.75 Å². The number of amides is 1. The van der Waals surface area contributed by atoms with Gasteiger partial charge in [-0.05, 0) is 45.4 Å². The van der Waals surface area contributed by atoms with Crippen LogP contribution >= 0.6 is 0 Å². The molecule has 0 spiro atoms. The molecule has 0 bridgehead atoms. The Balaban J connectivity index is 2.47. The molecule has 3 N–H and O–H groups in total. The van der Waals surface area contributed by atoms with Crippen LogP contribution < -0.4 is 5.48 Å². The topological polar surface area (TPSA) is 113 Å². The zero-order chi connectivity index (χ0) is 29.0. The van der Waals surface area contributed by atoms with Gasteiger partial charge in [0.25, 0.3) is 5.91 Å². The van der Waals surface area contributed by atoms with Gasteiger partial charge in [0.15, 0.2) is 0 Å². The highest BCUT2D eigenvalue weighted by Crippen LogP contribution is 2.10. The summed E-state index contributed by atoms with van der Waals surface area (Å²) >= 11 is 0. The fourth-order valence-electron chi connectivity index (χ4n) is 2.72. The molecule has 0 heterocycles. The van der Waals surface area contributed by atoms with Crippen molar-refractivity contribution in [2.24, 2.45) is 0 Å². The van der Waals surface area contributed by atoms with E-state index in [0.29, 0.717) is 5.56 Å². The molecule has 1 rings (SSSR count). The average molecular weight is 530 g/mol. The SMILES string of the molecule is CC(=C/C=C/C(C)=C/C=C/C=C(C)/C=C/C=C(C)/C=C/C(=O)ONC(=O)Cc1ccc(O)cc1)/C=C/C(=O)O. The first kappa shape index (κ1) is 32.1. The second kappa shape index (κ2) is 18.4. The second-order valence-corrected chi connectivity index (χ2v) is 8.54. The Kier molecular flexibility index (Phi) is 15.1. The summed E-state index contributed by atoms with van der Waals surface area (Å²) in [6.45, 7) is 7.59. The standard InChI is InChI=1S/C32H35NO6/c1-24(11-7-13-26(3)15-21-31(36)37)9-5-6-10-25(2)12-8-14-27(4)16-22-32(38)39-33-30(35)23-28-17-19-29(34)20-18-28/h5-22,34H,23H2,1-4H3,(H,33,35)(H,36,37)/b6-5+,11-7+,12-8+,21-15+,22-16+,24-9+,25-10+,26-13-,27-14+. The molecule has 0 unspecified atom stereocenters. The third-order valence-electron chi connectivity index (χ3n) is 4.80. The average Bonchev–Trinajstić information content (AvgIpc) is 2.89. The number of allylic oxidation sites excluding steroid dienone is 16. The number of hydroxylamine groups is 1. The summed E-state index contributed by atoms with van der Waals surface area (Å²) < 4.78 is 0. The van der Waals surface area contributed by atoms with Gasteiger partial charge in [-0.15, -0.1) is 0 Å². The Hall–Kier alpha value is -4.91. The van der Waals surface area contributed by atoms with Gasteiger partial charge in [-0.1, -0.05) is 107 Å². The molecule has 39 heavy (non-hydrogen) atoms. The van der Waals surface area contributed by atoms with Crippen LogP contribution in [-0.4, -0.2) is 28.1 Å². The Labute approximate surface area is 229 Å². The van der Waals surface area contributed by atoms with Gasteiger partial charge in [-0.25, -0.2) is 9.59 Å². The van der Waals surface area contributed by atoms with E-state index in [1.54, 1.807) is 24.3 Å². The van der Waals surface area contributed by atoms with E-state index in [4.69, 9.17) is 9.94 Å². The molecule has 1 amide bonds. The van der Waals surface area contributed by atoms with E-state index in [2.05, 4.69) is 5.48 Å². The molecule has 0 aliphatic heterocycles. The molecule has 0 aliphatic carbocycles. The highest BCUT2D eigenvalue weighted by Gasteiger charge is 2.05. The number of nitrogens with one attached hydrogen (secondary N) is 1. The quantitative estimate of drug-likeness (QED) is 0.170. The maximum atomic E-state index is 11.8. The van der Waals surface area contributed by atoms with Gasteiger partial charge in [0.2, 0.25) is 0 Å². The van der Waals surface area contributed by atoms with E-state index >= 15 is 0 Å². The summed E-state index contributed by atoms with van der Waals surface area (Å²) in [6, 6.07) is 6.17. The van der Waals surface area contributed by atoms with E-state index < -0.39 is 17.8 Å². The lowest BCUT2D eigenvalue weighted by molar-refractivity contribution is -0.153. The molecule has 204 valence electrons. The molecule has 7 heteroatoms. The van der Waals surface area contributed by atoms with Gasteiger partial charge in [-0.2, -0.15) is 5.48 Å². The number of carboxylic acid groups (broad SMARTS) is 1. The van der Waals surface area contributed by atoms with E-state index in [9.17, 15) is 19.5 Å². The second-order valence-electron chi connectivity index (χ2n) is 8.54. The van der Waals surface area contributed by atoms with Crippen LogP contribution in [0.1, 0.15) is 33.3 Å². The summed E-state index contributed by atoms with van der Waals surface area (Å²) in [6.07, 6.45) is 24.5. The largest absolute Gasteiger partial charge is 0.508 e. The van der Waals surface area contributed by atoms with E-state index in [0.717, 1.165) is 28.4 Å². The van der Waals surface area contributed by atoms with Crippen LogP contribution in [0.15, 0.2) is 132 Å². The van der Waals surface area contributed by atoms with E-state index in [1.165, 1.54) is 18.2 Å². The van der Waals surface area contributed by atoms with Crippen molar-refractivity contribution in [1.29, 1.82) is 0 Å². The number of hydrogen-bond donors (Lipinski definition) is 3. The van der Waals surface area contributed by atoms with Crippen molar-refractivity contribution in [2.45, 2.75) is 34.1 Å². The van der Waals surface area contributed by atoms with Crippen LogP contribution in [0.2, 0.25) is 0 Å². The molecule has 1 aromatic carbocycles. The number of hydrogen-bond acceptors (Lipinski definition) is 5. The van der Waals surface area contributed by atoms with Gasteiger partial charge >= 0.3 is 11.9 Å². The molecule has 7 nitrogen and oxygen atoms in total. The lowest BCUT2D eigenvalue weighted by Crippen LogP contribution is -2.27. The van der Waals surface area contributed by atoms with Crippen LogP contribution in [0.25, 0.3) is 0 Å². The minimum absolute atomic E-state index is 0.0168. The Morgan fingerprint density at radius 3 is 1.67 bits per heavy atom. The van der Waals surface area contributed by atoms with Gasteiger partial charge < -0.3 is 15.1 Å². The number of aromatic hydroxyl groups is 1. The summed E-state index contributed by atoms with van der Waals surface area (Å²) in [5.74, 6) is -2.05. The zero-order valence-corrected chi connectivity index (χ0v) is 22.6. The highest BCUT2D eigenvalue weighted by molar-refractivity contribution is 5.85. The maximum absolute atomic E-state index is 11.8. The van der Waals surface area contributed by atoms with Gasteiger partial charge in [0.05, 0.1) is 6.42 Å². The smallest absolute Gasteiger partial charge is 0.355 e. The first-order valence-corrected chi connectivity index (χ1v) is 12.1. The molecule has 0 aliphatic rings. The predicted octanol–water partition coefficient (Wildman–Crippen LogP) is 6.16. The van der Waals surface area contributed by atoms with Crippen molar-refractivity contribution in [3.63, 3.8) is 0 Å². The number of phenolic OH excluding ortho intramolecular Hbond substituents is 1. The molecule has 0 atom stereocenters. The predicted molar refractivity (Wildman–Crippen MR) is 154 cm³/mol. The number of phenols is 1. The lowest BCUT2D eigenvalue weighted by Gasteiger charge is -2.04. The molecule has 0 saturated heterocycles. The van der Waals surface area contributed by atoms with Gasteiger partial charge in [0, 0.05) is 12.2 Å². The molecule has 0 radical (unpaired) electrons. The third-order valence-corrected chi connectivity index (χ3v) is 4.80. The number of carbonyl (C=O) groups excluding carboxylic acids is 2. The lowest BCUT2D eigenvalue weighted by atomic mass is 10.1. The van der Waals surface area contributed by atoms with Crippen molar-refractivity contribution in [2.75, 3.05) is 0 Å². The van der Waals surface area contributed by atoms with E-state index in [1.807, 2.05) is 88.5 Å². The van der Waals surface area contributed by atoms with Crippen LogP contribution in [0.4, 0.5) is 0 Å². The van der Waals surface area contributed by atoms with Gasteiger partial charge in [-0.3, -0.25) is 4.79 Å². The van der Waals surface area contributed by atoms with E-state index in [-0.39, 0.29) is 12.2 Å². The Bertz CT molecular complexity index is 1270. The van der Waals surface area contributed by atoms with Crippen molar-refractivity contribution in [1.82, 2.24) is 5.48 Å². The van der Waals surface area contributed by atoms with Crippen molar-refractivity contribution in [3.05, 3.63) is 137 Å². The number of rotatable bonds is 12. The fourth-order valence-corrected chi connectivity index (χ4v) is 2.72. The zero-order valence-electron chi connectivity index (χ0n) is 22.6. The number of benzene rings is 1. The highest BCUT2D eigenvalue weighted by atomic mass is 16.7. The monoisotopic (exact) mass is 529 g/mol. The summed E-state index contributed by atoms with van der Waals surface area (Å²) in [7, 11) is 0. The first-order chi connectivity index (χ1) is 18.5. The van der Waals surface area contributed by atoms with Gasteiger partial charge in [0.1, 0.15) is 5.75 Å². The van der Waals surface area contributed by atoms with Crippen LogP contribution in [-0.2, 0) is 25.6 Å². The maximum Gasteiger partial charge on any atom is 0.355 e. The Morgan fingerprint density at radius 2 is 1.15 bits per heavy atom. The first-order valence-electron chi connectivity index (χ1n) is 12.1. The number of carboxylic acids is 1. The van der Waals surface area contributed by atoms with Crippen LogP contribution in [0.3, 0.4) is 0 Å². The van der Waals surface area contributed by atoms with Crippen LogP contribution in [0, 0.1) is 0 Å².